The lowest BCUT2D eigenvalue weighted by Gasteiger charge is -2.20. The van der Waals surface area contributed by atoms with Crippen LogP contribution in [0.25, 0.3) is 0 Å². The van der Waals surface area contributed by atoms with Gasteiger partial charge < -0.3 is 20.1 Å². The van der Waals surface area contributed by atoms with Crippen molar-refractivity contribution in [2.24, 2.45) is 5.92 Å². The molecule has 1 rings (SSSR count). The van der Waals surface area contributed by atoms with E-state index in [0.29, 0.717) is 18.5 Å². The first-order chi connectivity index (χ1) is 8.49. The van der Waals surface area contributed by atoms with Crippen molar-refractivity contribution in [1.82, 2.24) is 10.2 Å². The van der Waals surface area contributed by atoms with Crippen molar-refractivity contribution >= 4 is 11.9 Å². The van der Waals surface area contributed by atoms with Crippen molar-refractivity contribution in [1.29, 1.82) is 0 Å². The monoisotopic (exact) mass is 258 g/mol. The largest absolute Gasteiger partial charge is 0.480 e. The van der Waals surface area contributed by atoms with Crippen molar-refractivity contribution in [3.8, 4) is 0 Å². The third-order valence-electron chi connectivity index (χ3n) is 3.09. The Kier molecular flexibility index (Phi) is 6.07. The molecule has 1 saturated heterocycles. The van der Waals surface area contributed by atoms with E-state index in [9.17, 15) is 9.59 Å². The van der Waals surface area contributed by atoms with Crippen LogP contribution in [-0.2, 0) is 14.3 Å². The normalized spacial score (nSPS) is 20.3. The minimum Gasteiger partial charge on any atom is -0.480 e. The van der Waals surface area contributed by atoms with Gasteiger partial charge in [-0.15, -0.1) is 0 Å². The average Bonchev–Trinajstić information content (AvgIpc) is 2.74. The topological polar surface area (TPSA) is 78.9 Å². The molecule has 0 aromatic carbocycles. The molecular weight excluding hydrogens is 236 g/mol. The molecule has 1 amide bonds. The first-order valence-corrected chi connectivity index (χ1v) is 6.29. The molecule has 0 aliphatic carbocycles. The van der Waals surface area contributed by atoms with Crippen molar-refractivity contribution in [2.45, 2.75) is 26.3 Å². The Bertz CT molecular complexity index is 294. The summed E-state index contributed by atoms with van der Waals surface area (Å²) in [6.45, 7) is 6.44. The molecule has 0 radical (unpaired) electrons. The van der Waals surface area contributed by atoms with E-state index < -0.39 is 12.6 Å². The second-order valence-electron chi connectivity index (χ2n) is 4.93. The van der Waals surface area contributed by atoms with Crippen LogP contribution in [-0.4, -0.2) is 60.8 Å². The molecule has 6 nitrogen and oxygen atoms in total. The zero-order valence-corrected chi connectivity index (χ0v) is 11.0. The standard InChI is InChI=1S/C12H22N2O4/c1-9(2)14-4-3-10(6-14)5-13-11(15)7-18-8-12(16)17/h9-10H,3-8H2,1-2H3,(H,13,15)(H,16,17). The lowest BCUT2D eigenvalue weighted by molar-refractivity contribution is -0.143. The van der Waals surface area contributed by atoms with Crippen LogP contribution in [0, 0.1) is 5.92 Å². The molecule has 0 aromatic heterocycles. The van der Waals surface area contributed by atoms with E-state index in [4.69, 9.17) is 9.84 Å². The van der Waals surface area contributed by atoms with E-state index >= 15 is 0 Å². The summed E-state index contributed by atoms with van der Waals surface area (Å²) in [6.07, 6.45) is 1.09. The van der Waals surface area contributed by atoms with Gasteiger partial charge in [-0.05, 0) is 32.7 Å². The number of hydrogen-bond acceptors (Lipinski definition) is 4. The number of nitrogens with one attached hydrogen (secondary N) is 1. The summed E-state index contributed by atoms with van der Waals surface area (Å²) in [5.41, 5.74) is 0. The molecule has 1 atom stereocenters. The van der Waals surface area contributed by atoms with Gasteiger partial charge in [-0.3, -0.25) is 4.79 Å². The second-order valence-corrected chi connectivity index (χ2v) is 4.93. The van der Waals surface area contributed by atoms with Crippen LogP contribution in [0.15, 0.2) is 0 Å². The first-order valence-electron chi connectivity index (χ1n) is 6.29. The van der Waals surface area contributed by atoms with E-state index in [1.54, 1.807) is 0 Å². The van der Waals surface area contributed by atoms with Gasteiger partial charge in [-0.2, -0.15) is 0 Å². The number of ether oxygens (including phenoxy) is 1. The Morgan fingerprint density at radius 1 is 1.44 bits per heavy atom. The van der Waals surface area contributed by atoms with Crippen LogP contribution in [0.1, 0.15) is 20.3 Å². The minimum atomic E-state index is -1.06. The van der Waals surface area contributed by atoms with Crippen LogP contribution in [0.3, 0.4) is 0 Å². The maximum absolute atomic E-state index is 11.4. The van der Waals surface area contributed by atoms with Crippen LogP contribution >= 0.6 is 0 Å². The van der Waals surface area contributed by atoms with Gasteiger partial charge in [-0.25, -0.2) is 4.79 Å². The molecule has 104 valence electrons. The van der Waals surface area contributed by atoms with Gasteiger partial charge >= 0.3 is 5.97 Å². The molecule has 1 aliphatic heterocycles. The lowest BCUT2D eigenvalue weighted by Crippen LogP contribution is -2.34. The summed E-state index contributed by atoms with van der Waals surface area (Å²) in [7, 11) is 0. The molecule has 0 saturated carbocycles. The predicted molar refractivity (Wildman–Crippen MR) is 66.3 cm³/mol. The fraction of sp³-hybridized carbons (Fsp3) is 0.833. The SMILES string of the molecule is CC(C)N1CCC(CNC(=O)COCC(=O)O)C1. The van der Waals surface area contributed by atoms with Crippen LogP contribution in [0.2, 0.25) is 0 Å². The third kappa shape index (κ3) is 5.46. The summed E-state index contributed by atoms with van der Waals surface area (Å²) in [5.74, 6) is -0.832. The fourth-order valence-electron chi connectivity index (χ4n) is 2.04. The van der Waals surface area contributed by atoms with Crippen molar-refractivity contribution in [3.05, 3.63) is 0 Å². The molecule has 18 heavy (non-hydrogen) atoms. The smallest absolute Gasteiger partial charge is 0.329 e. The maximum atomic E-state index is 11.4. The number of aliphatic carboxylic acids is 1. The highest BCUT2D eigenvalue weighted by Crippen LogP contribution is 2.17. The van der Waals surface area contributed by atoms with Crippen LogP contribution in [0.5, 0.6) is 0 Å². The molecule has 0 aromatic rings. The van der Waals surface area contributed by atoms with Crippen molar-refractivity contribution in [2.75, 3.05) is 32.8 Å². The second kappa shape index (κ2) is 7.33. The molecule has 1 unspecified atom stereocenters. The highest BCUT2D eigenvalue weighted by molar-refractivity contribution is 5.77. The van der Waals surface area contributed by atoms with Crippen molar-refractivity contribution < 1.29 is 19.4 Å². The van der Waals surface area contributed by atoms with E-state index in [1.807, 2.05) is 0 Å². The number of carboxylic acid groups (broad SMARTS) is 1. The molecule has 2 N–H and O–H groups in total. The number of hydrogen-bond donors (Lipinski definition) is 2. The number of likely N-dealkylation sites (tertiary alicyclic amines) is 1. The molecule has 1 fully saturated rings. The summed E-state index contributed by atoms with van der Waals surface area (Å²) in [5, 5.41) is 11.1. The number of amides is 1. The van der Waals surface area contributed by atoms with E-state index in [0.717, 1.165) is 19.5 Å². The fourth-order valence-corrected chi connectivity index (χ4v) is 2.04. The number of nitrogens with zero attached hydrogens (tertiary/aromatic N) is 1. The first kappa shape index (κ1) is 14.9. The summed E-state index contributed by atoms with van der Waals surface area (Å²) in [6, 6.07) is 0.546. The van der Waals surface area contributed by atoms with Gasteiger partial charge in [0.2, 0.25) is 5.91 Å². The Labute approximate surface area is 107 Å². The summed E-state index contributed by atoms with van der Waals surface area (Å²) >= 11 is 0. The molecule has 0 spiro atoms. The summed E-state index contributed by atoms with van der Waals surface area (Å²) < 4.78 is 4.71. The Morgan fingerprint density at radius 2 is 2.17 bits per heavy atom. The minimum absolute atomic E-state index is 0.188. The van der Waals surface area contributed by atoms with Gasteiger partial charge in [0.25, 0.3) is 0 Å². The van der Waals surface area contributed by atoms with Crippen LogP contribution in [0.4, 0.5) is 0 Å². The zero-order chi connectivity index (χ0) is 13.5. The lowest BCUT2D eigenvalue weighted by atomic mass is 10.1. The Balaban J connectivity index is 2.10. The predicted octanol–water partition coefficient (Wildman–Crippen LogP) is -0.0659. The van der Waals surface area contributed by atoms with E-state index in [1.165, 1.54) is 0 Å². The average molecular weight is 258 g/mol. The van der Waals surface area contributed by atoms with Crippen LogP contribution < -0.4 is 5.32 Å². The van der Waals surface area contributed by atoms with Gasteiger partial charge in [0.05, 0.1) is 0 Å². The molecule has 6 heteroatoms. The van der Waals surface area contributed by atoms with E-state index in [2.05, 4.69) is 24.1 Å². The molecule has 1 heterocycles. The maximum Gasteiger partial charge on any atom is 0.329 e. The third-order valence-corrected chi connectivity index (χ3v) is 3.09. The quantitative estimate of drug-likeness (QED) is 0.668. The number of rotatable bonds is 7. The Hall–Kier alpha value is -1.14. The van der Waals surface area contributed by atoms with Gasteiger partial charge in [-0.1, -0.05) is 0 Å². The van der Waals surface area contributed by atoms with Gasteiger partial charge in [0, 0.05) is 19.1 Å². The van der Waals surface area contributed by atoms with E-state index in [-0.39, 0.29) is 12.5 Å². The number of carbonyl (C=O) groups excluding carboxylic acids is 1. The molecule has 1 aliphatic rings. The van der Waals surface area contributed by atoms with Gasteiger partial charge in [0.1, 0.15) is 13.2 Å². The Morgan fingerprint density at radius 3 is 2.72 bits per heavy atom. The number of carboxylic acids is 1. The molecular formula is C12H22N2O4. The molecule has 0 bridgehead atoms. The zero-order valence-electron chi connectivity index (χ0n) is 11.0. The number of carbonyl (C=O) groups is 2. The highest BCUT2D eigenvalue weighted by atomic mass is 16.5. The van der Waals surface area contributed by atoms with Gasteiger partial charge in [0.15, 0.2) is 0 Å². The summed E-state index contributed by atoms with van der Waals surface area (Å²) in [4.78, 5) is 23.9. The highest BCUT2D eigenvalue weighted by Gasteiger charge is 2.24. The van der Waals surface area contributed by atoms with Crippen molar-refractivity contribution in [3.63, 3.8) is 0 Å².